The molecule has 2 rings (SSSR count). The number of carbonyl (C=O) groups excluding carboxylic acids is 1. The van der Waals surface area contributed by atoms with E-state index in [0.29, 0.717) is 23.2 Å². The fourth-order valence-electron chi connectivity index (χ4n) is 2.00. The molecule has 2 aromatic rings. The molecule has 0 spiro atoms. The van der Waals surface area contributed by atoms with Gasteiger partial charge in [0.1, 0.15) is 5.82 Å². The second-order valence-electron chi connectivity index (χ2n) is 5.69. The van der Waals surface area contributed by atoms with E-state index in [1.54, 1.807) is 18.2 Å². The first kappa shape index (κ1) is 16.7. The molecule has 2 N–H and O–H groups in total. The van der Waals surface area contributed by atoms with Crippen LogP contribution < -0.4 is 10.6 Å². The van der Waals surface area contributed by atoms with Crippen LogP contribution in [0, 0.1) is 12.8 Å². The van der Waals surface area contributed by atoms with Gasteiger partial charge in [0.2, 0.25) is 5.95 Å². The number of anilines is 3. The topological polar surface area (TPSA) is 76.1 Å². The minimum Gasteiger partial charge on any atom is -0.465 e. The molecular weight excluding hydrogens is 292 g/mol. The molecule has 0 fully saturated rings. The molecule has 1 aromatic carbocycles. The van der Waals surface area contributed by atoms with Crippen LogP contribution in [0.25, 0.3) is 0 Å². The van der Waals surface area contributed by atoms with Crippen molar-refractivity contribution in [3.63, 3.8) is 0 Å². The zero-order chi connectivity index (χ0) is 16.8. The lowest BCUT2D eigenvalue weighted by atomic mass is 10.2. The van der Waals surface area contributed by atoms with E-state index in [-0.39, 0.29) is 5.97 Å². The number of nitrogens with zero attached hydrogens (tertiary/aromatic N) is 2. The lowest BCUT2D eigenvalue weighted by Crippen LogP contribution is -2.11. The number of esters is 1. The van der Waals surface area contributed by atoms with Crippen molar-refractivity contribution in [2.24, 2.45) is 5.92 Å². The Hall–Kier alpha value is -2.63. The summed E-state index contributed by atoms with van der Waals surface area (Å²) in [6, 6.07) is 8.94. The molecule has 0 unspecified atom stereocenters. The van der Waals surface area contributed by atoms with Crippen molar-refractivity contribution in [1.82, 2.24) is 9.97 Å². The van der Waals surface area contributed by atoms with Gasteiger partial charge in [-0.3, -0.25) is 0 Å². The van der Waals surface area contributed by atoms with Gasteiger partial charge >= 0.3 is 5.97 Å². The fourth-order valence-corrected chi connectivity index (χ4v) is 2.00. The van der Waals surface area contributed by atoms with E-state index in [4.69, 9.17) is 4.74 Å². The quantitative estimate of drug-likeness (QED) is 0.796. The van der Waals surface area contributed by atoms with Gasteiger partial charge in [0.25, 0.3) is 0 Å². The first-order valence-corrected chi connectivity index (χ1v) is 7.53. The molecule has 0 aliphatic rings. The summed E-state index contributed by atoms with van der Waals surface area (Å²) in [6.07, 6.45) is 0. The summed E-state index contributed by atoms with van der Waals surface area (Å²) in [4.78, 5) is 20.4. The molecule has 23 heavy (non-hydrogen) atoms. The predicted octanol–water partition coefficient (Wildman–Crippen LogP) is 3.38. The summed E-state index contributed by atoms with van der Waals surface area (Å²) >= 11 is 0. The molecular formula is C17H22N4O2. The normalized spacial score (nSPS) is 10.5. The van der Waals surface area contributed by atoms with E-state index in [0.717, 1.165) is 17.9 Å². The van der Waals surface area contributed by atoms with Gasteiger partial charge in [-0.25, -0.2) is 9.78 Å². The minimum atomic E-state index is -0.369. The number of ether oxygens (including phenoxy) is 1. The van der Waals surface area contributed by atoms with Gasteiger partial charge < -0.3 is 15.4 Å². The Morgan fingerprint density at radius 2 is 2.04 bits per heavy atom. The third kappa shape index (κ3) is 4.95. The number of carbonyl (C=O) groups is 1. The molecule has 6 heteroatoms. The maximum atomic E-state index is 11.6. The van der Waals surface area contributed by atoms with Crippen LogP contribution in [0.5, 0.6) is 0 Å². The SMILES string of the molecule is COC(=O)c1cccc(Nc2cc(C)nc(NCC(C)C)n2)c1. The maximum absolute atomic E-state index is 11.6. The molecule has 0 atom stereocenters. The zero-order valence-corrected chi connectivity index (χ0v) is 13.9. The van der Waals surface area contributed by atoms with Crippen molar-refractivity contribution < 1.29 is 9.53 Å². The van der Waals surface area contributed by atoms with Crippen molar-refractivity contribution in [3.05, 3.63) is 41.6 Å². The van der Waals surface area contributed by atoms with Gasteiger partial charge in [-0.05, 0) is 31.0 Å². The molecule has 0 aliphatic heterocycles. The van der Waals surface area contributed by atoms with Crippen LogP contribution in [-0.2, 0) is 4.74 Å². The van der Waals surface area contributed by atoms with Crippen molar-refractivity contribution in [3.8, 4) is 0 Å². The Balaban J connectivity index is 2.18. The second-order valence-corrected chi connectivity index (χ2v) is 5.69. The Morgan fingerprint density at radius 1 is 1.26 bits per heavy atom. The van der Waals surface area contributed by atoms with Crippen LogP contribution in [0.3, 0.4) is 0 Å². The zero-order valence-electron chi connectivity index (χ0n) is 13.9. The van der Waals surface area contributed by atoms with Crippen molar-refractivity contribution in [2.45, 2.75) is 20.8 Å². The molecule has 0 bridgehead atoms. The van der Waals surface area contributed by atoms with E-state index in [9.17, 15) is 4.79 Å². The summed E-state index contributed by atoms with van der Waals surface area (Å²) in [7, 11) is 1.36. The summed E-state index contributed by atoms with van der Waals surface area (Å²) in [5, 5.41) is 6.41. The second kappa shape index (κ2) is 7.58. The molecule has 1 aromatic heterocycles. The molecule has 6 nitrogen and oxygen atoms in total. The van der Waals surface area contributed by atoms with Gasteiger partial charge in [0.15, 0.2) is 0 Å². The average molecular weight is 314 g/mol. The summed E-state index contributed by atoms with van der Waals surface area (Å²) in [5.74, 6) is 1.40. The Labute approximate surface area is 136 Å². The number of rotatable bonds is 6. The number of aryl methyl sites for hydroxylation is 1. The van der Waals surface area contributed by atoms with E-state index < -0.39 is 0 Å². The maximum Gasteiger partial charge on any atom is 0.337 e. The van der Waals surface area contributed by atoms with E-state index >= 15 is 0 Å². The molecule has 0 saturated carbocycles. The van der Waals surface area contributed by atoms with Crippen LogP contribution in [0.15, 0.2) is 30.3 Å². The van der Waals surface area contributed by atoms with E-state index in [1.165, 1.54) is 7.11 Å². The molecule has 0 amide bonds. The standard InChI is InChI=1S/C17H22N4O2/c1-11(2)10-18-17-19-12(3)8-15(21-17)20-14-7-5-6-13(9-14)16(22)23-4/h5-9,11H,10H2,1-4H3,(H2,18,19,20,21). The van der Waals surface area contributed by atoms with Gasteiger partial charge in [0.05, 0.1) is 12.7 Å². The van der Waals surface area contributed by atoms with E-state index in [1.807, 2.05) is 19.1 Å². The molecule has 0 saturated heterocycles. The highest BCUT2D eigenvalue weighted by atomic mass is 16.5. The predicted molar refractivity (Wildman–Crippen MR) is 91.2 cm³/mol. The van der Waals surface area contributed by atoms with Gasteiger partial charge in [-0.2, -0.15) is 4.98 Å². The molecule has 0 radical (unpaired) electrons. The average Bonchev–Trinajstić information content (AvgIpc) is 2.52. The monoisotopic (exact) mass is 314 g/mol. The highest BCUT2D eigenvalue weighted by Gasteiger charge is 2.07. The summed E-state index contributed by atoms with van der Waals surface area (Å²) < 4.78 is 4.73. The number of methoxy groups -OCH3 is 1. The largest absolute Gasteiger partial charge is 0.465 e. The van der Waals surface area contributed by atoms with Crippen LogP contribution in [-0.4, -0.2) is 29.6 Å². The number of hydrogen-bond acceptors (Lipinski definition) is 6. The number of hydrogen-bond donors (Lipinski definition) is 2. The first-order chi connectivity index (χ1) is 11.0. The highest BCUT2D eigenvalue weighted by Crippen LogP contribution is 2.18. The summed E-state index contributed by atoms with van der Waals surface area (Å²) in [5.41, 5.74) is 2.11. The number of aromatic nitrogens is 2. The van der Waals surface area contributed by atoms with Gasteiger partial charge in [0, 0.05) is 24.0 Å². The highest BCUT2D eigenvalue weighted by molar-refractivity contribution is 5.90. The first-order valence-electron chi connectivity index (χ1n) is 7.53. The van der Waals surface area contributed by atoms with Gasteiger partial charge in [-0.15, -0.1) is 0 Å². The lowest BCUT2D eigenvalue weighted by Gasteiger charge is -2.11. The Kier molecular flexibility index (Phi) is 5.51. The van der Waals surface area contributed by atoms with Gasteiger partial charge in [-0.1, -0.05) is 19.9 Å². The fraction of sp³-hybridized carbons (Fsp3) is 0.353. The molecule has 1 heterocycles. The van der Waals surface area contributed by atoms with Crippen molar-refractivity contribution >= 4 is 23.4 Å². The molecule has 0 aliphatic carbocycles. The minimum absolute atomic E-state index is 0.369. The van der Waals surface area contributed by atoms with Crippen LogP contribution in [0.4, 0.5) is 17.5 Å². The van der Waals surface area contributed by atoms with Crippen LogP contribution in [0.2, 0.25) is 0 Å². The van der Waals surface area contributed by atoms with E-state index in [2.05, 4.69) is 34.4 Å². The van der Waals surface area contributed by atoms with Crippen molar-refractivity contribution in [1.29, 1.82) is 0 Å². The van der Waals surface area contributed by atoms with Crippen molar-refractivity contribution in [2.75, 3.05) is 24.3 Å². The smallest absolute Gasteiger partial charge is 0.337 e. The number of benzene rings is 1. The lowest BCUT2D eigenvalue weighted by molar-refractivity contribution is 0.0601. The third-order valence-electron chi connectivity index (χ3n) is 3.08. The Morgan fingerprint density at radius 3 is 2.74 bits per heavy atom. The van der Waals surface area contributed by atoms with Crippen LogP contribution >= 0.6 is 0 Å². The molecule has 122 valence electrons. The summed E-state index contributed by atoms with van der Waals surface area (Å²) in [6.45, 7) is 6.97. The Bertz CT molecular complexity index is 686. The number of nitrogens with one attached hydrogen (secondary N) is 2. The van der Waals surface area contributed by atoms with Crippen LogP contribution in [0.1, 0.15) is 29.9 Å². The third-order valence-corrected chi connectivity index (χ3v) is 3.08.